The number of nitriles is 2. The molecule has 1 atom stereocenters. The molecule has 1 aromatic heterocycles. The Balaban J connectivity index is 2.70. The van der Waals surface area contributed by atoms with Crippen molar-refractivity contribution in [1.29, 1.82) is 10.5 Å². The number of nitrogens with zero attached hydrogens (tertiary/aromatic N) is 4. The minimum atomic E-state index is -0.202. The van der Waals surface area contributed by atoms with Crippen molar-refractivity contribution in [3.05, 3.63) is 46.0 Å². The molecular formula is C13H10BrN5. The summed E-state index contributed by atoms with van der Waals surface area (Å²) < 4.78 is 2.49. The minimum absolute atomic E-state index is 0.112. The van der Waals surface area contributed by atoms with Crippen molar-refractivity contribution in [2.24, 2.45) is 5.73 Å². The maximum absolute atomic E-state index is 9.16. The van der Waals surface area contributed by atoms with E-state index in [4.69, 9.17) is 16.3 Å². The van der Waals surface area contributed by atoms with Gasteiger partial charge in [0.15, 0.2) is 11.4 Å². The molecule has 0 radical (unpaired) electrons. The number of nitrogens with two attached hydrogens (primary N) is 1. The van der Waals surface area contributed by atoms with Crippen LogP contribution in [0.25, 0.3) is 5.69 Å². The summed E-state index contributed by atoms with van der Waals surface area (Å²) in [4.78, 5) is 3.93. The standard InChI is InChI=1S/C13H10BrN5/c1-8(17)10-4-9(14)2-3-12(10)19-7-18-11(5-15)13(19)6-16/h2-4,7-8H,17H2,1H3. The lowest BCUT2D eigenvalue weighted by molar-refractivity contribution is 0.801. The van der Waals surface area contributed by atoms with Crippen LogP contribution in [0.3, 0.4) is 0 Å². The molecule has 0 aliphatic rings. The molecule has 2 aromatic rings. The quantitative estimate of drug-likeness (QED) is 0.921. The molecule has 94 valence electrons. The van der Waals surface area contributed by atoms with Crippen LogP contribution in [0.15, 0.2) is 29.0 Å². The fourth-order valence-corrected chi connectivity index (χ4v) is 2.21. The molecule has 1 aromatic carbocycles. The zero-order chi connectivity index (χ0) is 14.0. The van der Waals surface area contributed by atoms with Gasteiger partial charge in [0.2, 0.25) is 0 Å². The van der Waals surface area contributed by atoms with Crippen molar-refractivity contribution in [1.82, 2.24) is 9.55 Å². The smallest absolute Gasteiger partial charge is 0.177 e. The highest BCUT2D eigenvalue weighted by atomic mass is 79.9. The molecule has 0 saturated carbocycles. The van der Waals surface area contributed by atoms with Crippen LogP contribution in [0.2, 0.25) is 0 Å². The van der Waals surface area contributed by atoms with Gasteiger partial charge in [-0.2, -0.15) is 10.5 Å². The summed E-state index contributed by atoms with van der Waals surface area (Å²) in [5.74, 6) is 0. The number of benzene rings is 1. The Hall–Kier alpha value is -2.15. The summed E-state index contributed by atoms with van der Waals surface area (Å²) in [7, 11) is 0. The molecule has 0 aliphatic carbocycles. The van der Waals surface area contributed by atoms with Crippen LogP contribution >= 0.6 is 15.9 Å². The third-order valence-corrected chi connectivity index (χ3v) is 3.21. The van der Waals surface area contributed by atoms with Gasteiger partial charge >= 0.3 is 0 Å². The summed E-state index contributed by atoms with van der Waals surface area (Å²) in [5, 5.41) is 18.1. The number of hydrogen-bond donors (Lipinski definition) is 1. The van der Waals surface area contributed by atoms with Crippen LogP contribution < -0.4 is 5.73 Å². The third-order valence-electron chi connectivity index (χ3n) is 2.72. The maximum Gasteiger partial charge on any atom is 0.177 e. The normalized spacial score (nSPS) is 11.6. The van der Waals surface area contributed by atoms with Crippen LogP contribution in [0.4, 0.5) is 0 Å². The average Bonchev–Trinajstić information content (AvgIpc) is 2.81. The summed E-state index contributed by atoms with van der Waals surface area (Å²) in [5.41, 5.74) is 7.90. The number of aromatic nitrogens is 2. The summed E-state index contributed by atoms with van der Waals surface area (Å²) in [6.45, 7) is 1.86. The van der Waals surface area contributed by atoms with Crippen LogP contribution in [0.1, 0.15) is 29.9 Å². The van der Waals surface area contributed by atoms with Gasteiger partial charge in [-0.1, -0.05) is 15.9 Å². The van der Waals surface area contributed by atoms with Crippen molar-refractivity contribution >= 4 is 15.9 Å². The third kappa shape index (κ3) is 2.37. The monoisotopic (exact) mass is 315 g/mol. The Labute approximate surface area is 119 Å². The van der Waals surface area contributed by atoms with Gasteiger partial charge in [-0.05, 0) is 30.7 Å². The molecule has 0 fully saturated rings. The van der Waals surface area contributed by atoms with E-state index < -0.39 is 0 Å². The minimum Gasteiger partial charge on any atom is -0.324 e. The van der Waals surface area contributed by atoms with Crippen LogP contribution in [-0.4, -0.2) is 9.55 Å². The lowest BCUT2D eigenvalue weighted by Gasteiger charge is -2.14. The Morgan fingerprint density at radius 1 is 1.37 bits per heavy atom. The first kappa shape index (κ1) is 13.3. The molecule has 2 N–H and O–H groups in total. The molecule has 0 saturated heterocycles. The van der Waals surface area contributed by atoms with Gasteiger partial charge in [0.1, 0.15) is 18.5 Å². The number of hydrogen-bond acceptors (Lipinski definition) is 4. The first-order valence-electron chi connectivity index (χ1n) is 5.51. The molecule has 0 aliphatic heterocycles. The number of rotatable bonds is 2. The number of halogens is 1. The lowest BCUT2D eigenvalue weighted by Crippen LogP contribution is -2.10. The molecule has 19 heavy (non-hydrogen) atoms. The molecule has 5 nitrogen and oxygen atoms in total. The van der Waals surface area contributed by atoms with Crippen molar-refractivity contribution < 1.29 is 0 Å². The van der Waals surface area contributed by atoms with E-state index in [2.05, 4.69) is 20.9 Å². The fraction of sp³-hybridized carbons (Fsp3) is 0.154. The van der Waals surface area contributed by atoms with Gasteiger partial charge in [-0.3, -0.25) is 4.57 Å². The van der Waals surface area contributed by atoms with Crippen molar-refractivity contribution in [2.75, 3.05) is 0 Å². The van der Waals surface area contributed by atoms with Gasteiger partial charge in [-0.25, -0.2) is 4.98 Å². The molecule has 0 amide bonds. The van der Waals surface area contributed by atoms with Crippen LogP contribution in [0.5, 0.6) is 0 Å². The molecule has 6 heteroatoms. The van der Waals surface area contributed by atoms with E-state index in [1.807, 2.05) is 37.3 Å². The molecular weight excluding hydrogens is 306 g/mol. The topological polar surface area (TPSA) is 91.4 Å². The largest absolute Gasteiger partial charge is 0.324 e. The zero-order valence-corrected chi connectivity index (χ0v) is 11.7. The summed E-state index contributed by atoms with van der Waals surface area (Å²) in [6.07, 6.45) is 1.46. The molecule has 0 spiro atoms. The highest BCUT2D eigenvalue weighted by molar-refractivity contribution is 9.10. The second-order valence-corrected chi connectivity index (χ2v) is 4.94. The van der Waals surface area contributed by atoms with Gasteiger partial charge < -0.3 is 5.73 Å². The van der Waals surface area contributed by atoms with E-state index in [-0.39, 0.29) is 17.4 Å². The Bertz CT molecular complexity index is 703. The molecule has 0 bridgehead atoms. The SMILES string of the molecule is CC(N)c1cc(Br)ccc1-n1cnc(C#N)c1C#N. The first-order chi connectivity index (χ1) is 9.08. The highest BCUT2D eigenvalue weighted by Crippen LogP contribution is 2.26. The predicted octanol–water partition coefficient (Wildman–Crippen LogP) is 2.40. The zero-order valence-electron chi connectivity index (χ0n) is 10.1. The van der Waals surface area contributed by atoms with Crippen LogP contribution in [-0.2, 0) is 0 Å². The molecule has 1 unspecified atom stereocenters. The summed E-state index contributed by atoms with van der Waals surface area (Å²) >= 11 is 3.39. The number of imidazole rings is 1. The summed E-state index contributed by atoms with van der Waals surface area (Å²) in [6, 6.07) is 9.29. The molecule has 2 rings (SSSR count). The predicted molar refractivity (Wildman–Crippen MR) is 73.3 cm³/mol. The fourth-order valence-electron chi connectivity index (χ4n) is 1.83. The van der Waals surface area contributed by atoms with Crippen molar-refractivity contribution in [3.63, 3.8) is 0 Å². The van der Waals surface area contributed by atoms with Gasteiger partial charge in [0, 0.05) is 10.5 Å². The molecule has 1 heterocycles. The second-order valence-electron chi connectivity index (χ2n) is 4.03. The van der Waals surface area contributed by atoms with Crippen molar-refractivity contribution in [3.8, 4) is 17.8 Å². The van der Waals surface area contributed by atoms with Gasteiger partial charge in [-0.15, -0.1) is 0 Å². The average molecular weight is 316 g/mol. The van der Waals surface area contributed by atoms with E-state index in [0.717, 1.165) is 15.7 Å². The maximum atomic E-state index is 9.16. The van der Waals surface area contributed by atoms with E-state index in [1.165, 1.54) is 6.33 Å². The van der Waals surface area contributed by atoms with E-state index in [1.54, 1.807) is 4.57 Å². The second kappa shape index (κ2) is 5.23. The van der Waals surface area contributed by atoms with Crippen LogP contribution in [0, 0.1) is 22.7 Å². The van der Waals surface area contributed by atoms with Gasteiger partial charge in [0.25, 0.3) is 0 Å². The first-order valence-corrected chi connectivity index (χ1v) is 6.30. The van der Waals surface area contributed by atoms with E-state index in [9.17, 15) is 0 Å². The Morgan fingerprint density at radius 3 is 2.68 bits per heavy atom. The Kier molecular flexibility index (Phi) is 3.66. The van der Waals surface area contributed by atoms with E-state index >= 15 is 0 Å². The van der Waals surface area contributed by atoms with Gasteiger partial charge in [0.05, 0.1) is 5.69 Å². The highest BCUT2D eigenvalue weighted by Gasteiger charge is 2.15. The lowest BCUT2D eigenvalue weighted by atomic mass is 10.1. The van der Waals surface area contributed by atoms with E-state index in [0.29, 0.717) is 0 Å². The Morgan fingerprint density at radius 2 is 2.11 bits per heavy atom. The van der Waals surface area contributed by atoms with Crippen molar-refractivity contribution in [2.45, 2.75) is 13.0 Å².